The molecule has 0 atom stereocenters. The number of hydrazone groups is 1. The molecule has 1 amide bonds. The Hall–Kier alpha value is -3.11. The normalized spacial score (nSPS) is 18.0. The Balaban J connectivity index is 1.70. The van der Waals surface area contributed by atoms with Crippen molar-refractivity contribution in [2.75, 3.05) is 0 Å². The lowest BCUT2D eigenvalue weighted by atomic mass is 10.1. The minimum Gasteiger partial charge on any atom is -0.282 e. The third-order valence-electron chi connectivity index (χ3n) is 3.58. The number of nitro groups is 1. The summed E-state index contributed by atoms with van der Waals surface area (Å²) < 4.78 is 0. The van der Waals surface area contributed by atoms with Gasteiger partial charge in [0.05, 0.1) is 15.4 Å². The number of amidine groups is 2. The van der Waals surface area contributed by atoms with Crippen LogP contribution in [-0.2, 0) is 4.79 Å². The molecule has 128 valence electrons. The SMILES string of the molecule is N=C1C(=Cc2cccc([N+](=O)[O-])c2)C(=O)N=C2SC(c3cccs3)=NN12. The minimum atomic E-state index is -0.567. The van der Waals surface area contributed by atoms with Gasteiger partial charge < -0.3 is 0 Å². The Kier molecular flexibility index (Phi) is 3.98. The number of hydrogen-bond donors (Lipinski definition) is 1. The summed E-state index contributed by atoms with van der Waals surface area (Å²) in [4.78, 5) is 27.7. The highest BCUT2D eigenvalue weighted by Gasteiger charge is 2.36. The predicted molar refractivity (Wildman–Crippen MR) is 102 cm³/mol. The van der Waals surface area contributed by atoms with E-state index in [1.807, 2.05) is 17.5 Å². The Bertz CT molecular complexity index is 1040. The largest absolute Gasteiger partial charge is 0.283 e. The molecular formula is C16H9N5O3S2. The van der Waals surface area contributed by atoms with E-state index in [0.29, 0.717) is 15.8 Å². The Labute approximate surface area is 155 Å². The van der Waals surface area contributed by atoms with Crippen molar-refractivity contribution < 1.29 is 9.72 Å². The highest BCUT2D eigenvalue weighted by molar-refractivity contribution is 8.27. The number of carbonyl (C=O) groups excluding carboxylic acids is 1. The molecule has 0 fully saturated rings. The number of thioether (sulfide) groups is 1. The molecule has 1 aromatic heterocycles. The van der Waals surface area contributed by atoms with E-state index < -0.39 is 10.8 Å². The minimum absolute atomic E-state index is 0.0334. The Morgan fingerprint density at radius 1 is 1.27 bits per heavy atom. The Morgan fingerprint density at radius 2 is 2.12 bits per heavy atom. The van der Waals surface area contributed by atoms with E-state index in [9.17, 15) is 14.9 Å². The van der Waals surface area contributed by atoms with Gasteiger partial charge in [-0.2, -0.15) is 15.1 Å². The van der Waals surface area contributed by atoms with Gasteiger partial charge in [0.1, 0.15) is 5.04 Å². The molecule has 0 saturated heterocycles. The van der Waals surface area contributed by atoms with Crippen LogP contribution in [0.1, 0.15) is 10.4 Å². The number of carbonyl (C=O) groups is 1. The first-order chi connectivity index (χ1) is 12.5. The number of aliphatic imine (C=N–C) groups is 1. The zero-order valence-electron chi connectivity index (χ0n) is 12.9. The number of amides is 1. The van der Waals surface area contributed by atoms with Crippen LogP contribution in [0.15, 0.2) is 57.4 Å². The number of nitrogens with zero attached hydrogens (tertiary/aromatic N) is 4. The van der Waals surface area contributed by atoms with Gasteiger partial charge in [-0.05, 0) is 34.8 Å². The summed E-state index contributed by atoms with van der Waals surface area (Å²) in [6.07, 6.45) is 1.42. The van der Waals surface area contributed by atoms with Crippen LogP contribution in [0.4, 0.5) is 5.69 Å². The lowest BCUT2D eigenvalue weighted by molar-refractivity contribution is -0.384. The summed E-state index contributed by atoms with van der Waals surface area (Å²) >= 11 is 2.74. The third-order valence-corrected chi connectivity index (χ3v) is 5.53. The highest BCUT2D eigenvalue weighted by Crippen LogP contribution is 2.32. The van der Waals surface area contributed by atoms with Crippen LogP contribution in [0.2, 0.25) is 0 Å². The maximum atomic E-state index is 12.3. The van der Waals surface area contributed by atoms with E-state index in [1.165, 1.54) is 52.4 Å². The van der Waals surface area contributed by atoms with Crippen molar-refractivity contribution in [3.63, 3.8) is 0 Å². The number of nitrogens with one attached hydrogen (secondary N) is 1. The standard InChI is InChI=1S/C16H9N5O3S2/c17-13-11(8-9-3-1-4-10(7-9)21(23)24)14(22)18-16-20(13)19-15(26-16)12-5-2-6-25-12/h1-8,17H. The molecule has 2 aromatic rings. The lowest BCUT2D eigenvalue weighted by Gasteiger charge is -2.20. The first kappa shape index (κ1) is 16.4. The van der Waals surface area contributed by atoms with Crippen LogP contribution < -0.4 is 0 Å². The van der Waals surface area contributed by atoms with Gasteiger partial charge in [-0.25, -0.2) is 0 Å². The van der Waals surface area contributed by atoms with Crippen molar-refractivity contribution in [1.29, 1.82) is 5.41 Å². The molecule has 0 radical (unpaired) electrons. The van der Waals surface area contributed by atoms with Crippen molar-refractivity contribution in [3.8, 4) is 0 Å². The van der Waals surface area contributed by atoms with Crippen molar-refractivity contribution >= 4 is 56.8 Å². The smallest absolute Gasteiger partial charge is 0.282 e. The van der Waals surface area contributed by atoms with E-state index in [0.717, 1.165) is 4.88 Å². The number of hydrogen-bond acceptors (Lipinski definition) is 7. The van der Waals surface area contributed by atoms with Gasteiger partial charge in [-0.3, -0.25) is 20.3 Å². The second-order valence-electron chi connectivity index (χ2n) is 5.25. The van der Waals surface area contributed by atoms with E-state index in [1.54, 1.807) is 6.07 Å². The van der Waals surface area contributed by atoms with E-state index in [4.69, 9.17) is 5.41 Å². The molecule has 1 aromatic carbocycles. The second-order valence-corrected chi connectivity index (χ2v) is 7.16. The summed E-state index contributed by atoms with van der Waals surface area (Å²) in [5.74, 6) is -0.673. The number of thiophene rings is 1. The highest BCUT2D eigenvalue weighted by atomic mass is 32.2. The molecule has 0 spiro atoms. The van der Waals surface area contributed by atoms with Gasteiger partial charge >= 0.3 is 0 Å². The first-order valence-electron chi connectivity index (χ1n) is 7.31. The molecule has 1 N–H and O–H groups in total. The van der Waals surface area contributed by atoms with Crippen molar-refractivity contribution in [1.82, 2.24) is 5.01 Å². The average Bonchev–Trinajstić information content (AvgIpc) is 3.28. The van der Waals surface area contributed by atoms with E-state index in [-0.39, 0.29) is 17.1 Å². The van der Waals surface area contributed by atoms with Crippen LogP contribution in [0.3, 0.4) is 0 Å². The van der Waals surface area contributed by atoms with Gasteiger partial charge in [-0.15, -0.1) is 11.3 Å². The van der Waals surface area contributed by atoms with E-state index >= 15 is 0 Å². The van der Waals surface area contributed by atoms with Crippen LogP contribution in [0, 0.1) is 15.5 Å². The van der Waals surface area contributed by atoms with Gasteiger partial charge in [0.15, 0.2) is 5.84 Å². The molecule has 0 bridgehead atoms. The fourth-order valence-electron chi connectivity index (χ4n) is 2.39. The molecule has 2 aliphatic heterocycles. The molecule has 26 heavy (non-hydrogen) atoms. The van der Waals surface area contributed by atoms with Crippen LogP contribution in [0.25, 0.3) is 6.08 Å². The zero-order chi connectivity index (χ0) is 18.3. The molecule has 0 aliphatic carbocycles. The maximum absolute atomic E-state index is 12.3. The topological polar surface area (TPSA) is 112 Å². The van der Waals surface area contributed by atoms with E-state index in [2.05, 4.69) is 10.1 Å². The fraction of sp³-hybridized carbons (Fsp3) is 0. The number of fused-ring (bicyclic) bond motifs is 1. The van der Waals surface area contributed by atoms with Crippen molar-refractivity contribution in [3.05, 3.63) is 67.9 Å². The average molecular weight is 383 g/mol. The van der Waals surface area contributed by atoms with Crippen LogP contribution in [-0.4, -0.2) is 31.9 Å². The van der Waals surface area contributed by atoms with Crippen molar-refractivity contribution in [2.24, 2.45) is 10.1 Å². The monoisotopic (exact) mass is 383 g/mol. The molecule has 4 rings (SSSR count). The predicted octanol–water partition coefficient (Wildman–Crippen LogP) is 3.32. The number of nitro benzene ring substituents is 1. The molecule has 10 heteroatoms. The number of benzene rings is 1. The molecule has 0 unspecified atom stereocenters. The summed E-state index contributed by atoms with van der Waals surface area (Å²) in [6.45, 7) is 0. The Morgan fingerprint density at radius 3 is 2.85 bits per heavy atom. The van der Waals surface area contributed by atoms with Gasteiger partial charge in [0.25, 0.3) is 11.6 Å². The molecule has 0 saturated carbocycles. The lowest BCUT2D eigenvalue weighted by Crippen LogP contribution is -2.35. The summed E-state index contributed by atoms with van der Waals surface area (Å²) in [6, 6.07) is 9.65. The van der Waals surface area contributed by atoms with Gasteiger partial charge in [0, 0.05) is 12.1 Å². The van der Waals surface area contributed by atoms with Crippen LogP contribution in [0.5, 0.6) is 0 Å². The summed E-state index contributed by atoms with van der Waals surface area (Å²) in [5.41, 5.74) is 0.388. The maximum Gasteiger partial charge on any atom is 0.283 e. The van der Waals surface area contributed by atoms with Crippen molar-refractivity contribution in [2.45, 2.75) is 0 Å². The number of non-ortho nitro benzene ring substituents is 1. The zero-order valence-corrected chi connectivity index (χ0v) is 14.6. The molecule has 3 heterocycles. The second kappa shape index (κ2) is 6.32. The first-order valence-corrected chi connectivity index (χ1v) is 9.01. The molecule has 2 aliphatic rings. The fourth-order valence-corrected chi connectivity index (χ4v) is 4.07. The quantitative estimate of drug-likeness (QED) is 0.496. The van der Waals surface area contributed by atoms with Gasteiger partial charge in [0.2, 0.25) is 5.17 Å². The summed E-state index contributed by atoms with van der Waals surface area (Å²) in [5, 5.41) is 27.8. The summed E-state index contributed by atoms with van der Waals surface area (Å²) in [7, 11) is 0. The third kappa shape index (κ3) is 2.85. The molecule has 8 nitrogen and oxygen atoms in total. The number of rotatable bonds is 3. The van der Waals surface area contributed by atoms with Crippen LogP contribution >= 0.6 is 23.1 Å². The molecular weight excluding hydrogens is 374 g/mol. The van der Waals surface area contributed by atoms with Gasteiger partial charge in [-0.1, -0.05) is 18.2 Å².